The van der Waals surface area contributed by atoms with Crippen LogP contribution in [-0.4, -0.2) is 28.6 Å². The van der Waals surface area contributed by atoms with Gasteiger partial charge < -0.3 is 9.47 Å². The first-order valence-corrected chi connectivity index (χ1v) is 7.79. The normalized spacial score (nSPS) is 12.5. The number of para-hydroxylation sites is 1. The highest BCUT2D eigenvalue weighted by Gasteiger charge is 2.07. The van der Waals surface area contributed by atoms with Gasteiger partial charge in [-0.3, -0.25) is 0 Å². The van der Waals surface area contributed by atoms with Crippen molar-refractivity contribution in [1.29, 1.82) is 0 Å². The molecule has 24 heavy (non-hydrogen) atoms. The van der Waals surface area contributed by atoms with Gasteiger partial charge in [0.2, 0.25) is 5.88 Å². The predicted octanol–water partition coefficient (Wildman–Crippen LogP) is 3.27. The quantitative estimate of drug-likeness (QED) is 0.764. The van der Waals surface area contributed by atoms with E-state index in [4.69, 9.17) is 9.47 Å². The molecule has 1 atom stereocenters. The molecular weight excluding hydrogens is 306 g/mol. The van der Waals surface area contributed by atoms with Crippen LogP contribution in [0.1, 0.15) is 20.3 Å². The summed E-state index contributed by atoms with van der Waals surface area (Å²) in [6.45, 7) is 7.82. The van der Waals surface area contributed by atoms with Gasteiger partial charge >= 0.3 is 6.09 Å². The molecule has 0 aliphatic carbocycles. The lowest BCUT2D eigenvalue weighted by atomic mass is 10.3. The number of carbonyl (C=O) groups excluding carboxylic acids is 1. The average Bonchev–Trinajstić information content (AvgIpc) is 2.60. The molecule has 1 amide bonds. The van der Waals surface area contributed by atoms with Gasteiger partial charge in [0, 0.05) is 6.07 Å². The number of rotatable bonds is 6. The zero-order valence-electron chi connectivity index (χ0n) is 13.9. The van der Waals surface area contributed by atoms with Crippen molar-refractivity contribution in [2.75, 3.05) is 6.61 Å². The Morgan fingerprint density at radius 2 is 2.17 bits per heavy atom. The molecule has 1 unspecified atom stereocenters. The van der Waals surface area contributed by atoms with Crippen LogP contribution in [-0.2, 0) is 4.74 Å². The van der Waals surface area contributed by atoms with Crippen LogP contribution < -0.4 is 10.1 Å². The van der Waals surface area contributed by atoms with E-state index in [1.165, 1.54) is 12.3 Å². The molecule has 0 aliphatic heterocycles. The lowest BCUT2D eigenvalue weighted by molar-refractivity contribution is 0.137. The van der Waals surface area contributed by atoms with Gasteiger partial charge in [0.25, 0.3) is 0 Å². The lowest BCUT2D eigenvalue weighted by Crippen LogP contribution is -2.17. The standard InChI is InChI=1S/C18H21N3O3/c1-4-11-23-17-12-15(20-18(22)24-14(3)5-2)13-19-21(17)16-9-7-6-8-10-16/h5-10,12-14H,2,4,11H2,1,3H3/b20-15+. The Kier molecular flexibility index (Phi) is 6.31. The van der Waals surface area contributed by atoms with Crippen molar-refractivity contribution >= 4 is 6.09 Å². The van der Waals surface area contributed by atoms with Crippen LogP contribution in [0.4, 0.5) is 4.79 Å². The van der Waals surface area contributed by atoms with E-state index in [0.29, 0.717) is 17.8 Å². The maximum Gasteiger partial charge on any atom is 0.434 e. The fraction of sp³-hybridized carbons (Fsp3) is 0.278. The molecule has 2 aromatic rings. The number of amides is 1. The molecule has 0 aliphatic rings. The van der Waals surface area contributed by atoms with E-state index >= 15 is 0 Å². The van der Waals surface area contributed by atoms with E-state index in [0.717, 1.165) is 12.1 Å². The molecule has 1 heterocycles. The Morgan fingerprint density at radius 3 is 2.83 bits per heavy atom. The van der Waals surface area contributed by atoms with Crippen molar-refractivity contribution in [3.05, 3.63) is 60.6 Å². The van der Waals surface area contributed by atoms with Crippen LogP contribution >= 0.6 is 0 Å². The van der Waals surface area contributed by atoms with Crippen molar-refractivity contribution in [3.8, 4) is 11.6 Å². The average molecular weight is 327 g/mol. The number of benzene rings is 1. The summed E-state index contributed by atoms with van der Waals surface area (Å²) in [5.74, 6) is 0.508. The van der Waals surface area contributed by atoms with Gasteiger partial charge in [-0.05, 0) is 25.5 Å². The van der Waals surface area contributed by atoms with E-state index in [-0.39, 0.29) is 0 Å². The summed E-state index contributed by atoms with van der Waals surface area (Å²) in [4.78, 5) is 15.6. The van der Waals surface area contributed by atoms with E-state index < -0.39 is 12.2 Å². The Morgan fingerprint density at radius 1 is 1.42 bits per heavy atom. The topological polar surface area (TPSA) is 65.7 Å². The van der Waals surface area contributed by atoms with Crippen molar-refractivity contribution in [2.24, 2.45) is 4.99 Å². The monoisotopic (exact) mass is 327 g/mol. The summed E-state index contributed by atoms with van der Waals surface area (Å²) in [6, 6.07) is 11.3. The van der Waals surface area contributed by atoms with Gasteiger partial charge in [-0.25, -0.2) is 9.48 Å². The second kappa shape index (κ2) is 8.67. The molecule has 0 radical (unpaired) electrons. The molecule has 6 nitrogen and oxygen atoms in total. The summed E-state index contributed by atoms with van der Waals surface area (Å²) in [6.07, 6.45) is 2.78. The van der Waals surface area contributed by atoms with Crippen LogP contribution in [0, 0.1) is 0 Å². The molecule has 6 heteroatoms. The van der Waals surface area contributed by atoms with Crippen LogP contribution in [0.15, 0.2) is 60.2 Å². The number of aromatic nitrogens is 2. The third kappa shape index (κ3) is 4.81. The Bertz CT molecular complexity index is 754. The first-order chi connectivity index (χ1) is 11.6. The Balaban J connectivity index is 2.35. The highest BCUT2D eigenvalue weighted by atomic mass is 16.6. The summed E-state index contributed by atoms with van der Waals surface area (Å²) >= 11 is 0. The predicted molar refractivity (Wildman–Crippen MR) is 91.1 cm³/mol. The molecule has 126 valence electrons. The van der Waals surface area contributed by atoms with Gasteiger partial charge in [0.15, 0.2) is 0 Å². The van der Waals surface area contributed by atoms with Crippen molar-refractivity contribution < 1.29 is 14.3 Å². The molecule has 0 fully saturated rings. The SMILES string of the molecule is C=CC(C)OC(=O)/N=c1/cnn(-c2ccccc2)c(OCCC)c1. The molecule has 0 spiro atoms. The fourth-order valence-electron chi connectivity index (χ4n) is 1.87. The summed E-state index contributed by atoms with van der Waals surface area (Å²) in [5, 5.41) is 4.69. The summed E-state index contributed by atoms with van der Waals surface area (Å²) in [7, 11) is 0. The van der Waals surface area contributed by atoms with Crippen LogP contribution in [0.3, 0.4) is 0 Å². The van der Waals surface area contributed by atoms with E-state index in [1.807, 2.05) is 37.3 Å². The highest BCUT2D eigenvalue weighted by molar-refractivity contribution is 5.68. The smallest absolute Gasteiger partial charge is 0.434 e. The minimum atomic E-state index is -0.692. The third-order valence-electron chi connectivity index (χ3n) is 3.08. The molecule has 1 aromatic carbocycles. The largest absolute Gasteiger partial charge is 0.478 e. The summed E-state index contributed by atoms with van der Waals surface area (Å²) < 4.78 is 12.4. The number of ether oxygens (including phenoxy) is 2. The van der Waals surface area contributed by atoms with Gasteiger partial charge in [0.05, 0.1) is 23.8 Å². The molecular formula is C18H21N3O3. The lowest BCUT2D eigenvalue weighted by Gasteiger charge is -2.12. The molecule has 0 bridgehead atoms. The Labute approximate surface area is 141 Å². The molecule has 1 aromatic heterocycles. The molecule has 2 rings (SSSR count). The van der Waals surface area contributed by atoms with Gasteiger partial charge in [-0.1, -0.05) is 37.8 Å². The van der Waals surface area contributed by atoms with E-state index in [1.54, 1.807) is 17.7 Å². The van der Waals surface area contributed by atoms with Crippen molar-refractivity contribution in [3.63, 3.8) is 0 Å². The van der Waals surface area contributed by atoms with Crippen molar-refractivity contribution in [2.45, 2.75) is 26.4 Å². The summed E-state index contributed by atoms with van der Waals surface area (Å²) in [5.41, 5.74) is 0.859. The zero-order chi connectivity index (χ0) is 17.4. The number of nitrogens with zero attached hydrogens (tertiary/aromatic N) is 3. The maximum atomic E-state index is 11.7. The number of hydrogen-bond donors (Lipinski definition) is 0. The minimum absolute atomic E-state index is 0.370. The van der Waals surface area contributed by atoms with Crippen LogP contribution in [0.2, 0.25) is 0 Å². The fourth-order valence-corrected chi connectivity index (χ4v) is 1.87. The van der Waals surface area contributed by atoms with Gasteiger partial charge in [-0.2, -0.15) is 10.1 Å². The molecule has 0 N–H and O–H groups in total. The van der Waals surface area contributed by atoms with Gasteiger partial charge in [0.1, 0.15) is 6.10 Å². The second-order valence-electron chi connectivity index (χ2n) is 5.08. The molecule has 0 saturated heterocycles. The highest BCUT2D eigenvalue weighted by Crippen LogP contribution is 2.14. The van der Waals surface area contributed by atoms with Crippen LogP contribution in [0.5, 0.6) is 5.88 Å². The number of hydrogen-bond acceptors (Lipinski definition) is 4. The van der Waals surface area contributed by atoms with E-state index in [2.05, 4.69) is 16.7 Å². The van der Waals surface area contributed by atoms with E-state index in [9.17, 15) is 4.79 Å². The van der Waals surface area contributed by atoms with Crippen molar-refractivity contribution in [1.82, 2.24) is 9.78 Å². The molecule has 0 saturated carbocycles. The van der Waals surface area contributed by atoms with Gasteiger partial charge in [-0.15, -0.1) is 0 Å². The first kappa shape index (κ1) is 17.5. The first-order valence-electron chi connectivity index (χ1n) is 7.79. The second-order valence-corrected chi connectivity index (χ2v) is 5.08. The maximum absolute atomic E-state index is 11.7. The number of carbonyl (C=O) groups is 1. The third-order valence-corrected chi connectivity index (χ3v) is 3.08. The Hall–Kier alpha value is -2.89. The minimum Gasteiger partial charge on any atom is -0.478 e. The van der Waals surface area contributed by atoms with Crippen LogP contribution in [0.25, 0.3) is 5.69 Å². The zero-order valence-corrected chi connectivity index (χ0v) is 13.9.